The molecule has 146 valence electrons. The summed E-state index contributed by atoms with van der Waals surface area (Å²) in [6, 6.07) is 14.6. The molecule has 0 bridgehead atoms. The summed E-state index contributed by atoms with van der Waals surface area (Å²) in [5, 5.41) is 0.692. The van der Waals surface area contributed by atoms with E-state index >= 15 is 0 Å². The highest BCUT2D eigenvalue weighted by atomic mass is 19.3. The summed E-state index contributed by atoms with van der Waals surface area (Å²) in [6.07, 6.45) is -0.175. The lowest BCUT2D eigenvalue weighted by Gasteiger charge is -2.23. The fraction of sp³-hybridized carbons (Fsp3) is 0.318. The average Bonchev–Trinajstić information content (AvgIpc) is 2.99. The van der Waals surface area contributed by atoms with E-state index in [1.54, 1.807) is 18.2 Å². The summed E-state index contributed by atoms with van der Waals surface area (Å²) >= 11 is 0. The van der Waals surface area contributed by atoms with Crippen LogP contribution in [0.2, 0.25) is 0 Å². The van der Waals surface area contributed by atoms with Crippen LogP contribution in [-0.4, -0.2) is 30.2 Å². The topological polar surface area (TPSA) is 40.5 Å². The van der Waals surface area contributed by atoms with E-state index in [1.807, 2.05) is 34.9 Å². The zero-order chi connectivity index (χ0) is 19.7. The quantitative estimate of drug-likeness (QED) is 0.601. The Morgan fingerprint density at radius 1 is 1.18 bits per heavy atom. The van der Waals surface area contributed by atoms with Crippen molar-refractivity contribution in [2.45, 2.75) is 31.7 Å². The van der Waals surface area contributed by atoms with E-state index in [4.69, 9.17) is 9.47 Å². The van der Waals surface area contributed by atoms with Crippen molar-refractivity contribution in [3.8, 4) is 5.75 Å². The Hall–Kier alpha value is -2.89. The molecule has 0 N–H and O–H groups in total. The maximum absolute atomic E-state index is 14.1. The number of fused-ring (bicyclic) bond motifs is 3. The van der Waals surface area contributed by atoms with E-state index in [-0.39, 0.29) is 12.8 Å². The number of halogens is 2. The zero-order valence-electron chi connectivity index (χ0n) is 15.6. The number of rotatable bonds is 5. The lowest BCUT2D eigenvalue weighted by Crippen LogP contribution is -2.27. The highest BCUT2D eigenvalue weighted by molar-refractivity contribution is 5.96. The van der Waals surface area contributed by atoms with Gasteiger partial charge in [0.05, 0.1) is 19.2 Å². The van der Waals surface area contributed by atoms with E-state index in [0.717, 1.165) is 17.0 Å². The number of esters is 1. The number of hydrogen-bond donors (Lipinski definition) is 0. The first-order valence-electron chi connectivity index (χ1n) is 9.26. The molecule has 3 aromatic rings. The molecule has 1 aliphatic carbocycles. The SMILES string of the molecule is COC(=O)c1ccc2c(c1)c1c(n2CCOc2ccccc2)CCC(F)(F)C1. The standard InChI is InChI=1S/C22H21F2NO3/c1-27-21(26)15-7-8-19-17(13-15)18-14-22(23,24)10-9-20(18)25(19)11-12-28-16-5-3-2-4-6-16/h2-8,13H,9-12,14H2,1H3. The van der Waals surface area contributed by atoms with Gasteiger partial charge in [0.2, 0.25) is 0 Å². The van der Waals surface area contributed by atoms with Crippen molar-refractivity contribution in [1.29, 1.82) is 0 Å². The summed E-state index contributed by atoms with van der Waals surface area (Å²) in [6.45, 7) is 0.971. The average molecular weight is 385 g/mol. The minimum absolute atomic E-state index is 0.167. The number of methoxy groups -OCH3 is 1. The molecule has 2 aromatic carbocycles. The Balaban J connectivity index is 1.70. The van der Waals surface area contributed by atoms with Gasteiger partial charge in [0.15, 0.2) is 0 Å². The van der Waals surface area contributed by atoms with Gasteiger partial charge in [-0.15, -0.1) is 0 Å². The van der Waals surface area contributed by atoms with Crippen LogP contribution in [0, 0.1) is 0 Å². The fourth-order valence-electron chi connectivity index (χ4n) is 3.88. The Bertz CT molecular complexity index is 1010. The lowest BCUT2D eigenvalue weighted by molar-refractivity contribution is -0.0125. The molecule has 0 unspecified atom stereocenters. The second-order valence-electron chi connectivity index (χ2n) is 6.99. The van der Waals surface area contributed by atoms with Crippen molar-refractivity contribution >= 4 is 16.9 Å². The molecule has 6 heteroatoms. The van der Waals surface area contributed by atoms with Crippen LogP contribution >= 0.6 is 0 Å². The van der Waals surface area contributed by atoms with Crippen LogP contribution in [0.25, 0.3) is 10.9 Å². The number of hydrogen-bond acceptors (Lipinski definition) is 3. The Kier molecular flexibility index (Phi) is 4.79. The molecule has 28 heavy (non-hydrogen) atoms. The molecule has 0 saturated heterocycles. The van der Waals surface area contributed by atoms with Crippen molar-refractivity contribution in [1.82, 2.24) is 4.57 Å². The lowest BCUT2D eigenvalue weighted by atomic mass is 9.92. The number of aromatic nitrogens is 1. The molecular weight excluding hydrogens is 364 g/mol. The summed E-state index contributed by atoms with van der Waals surface area (Å²) in [7, 11) is 1.31. The number of carbonyl (C=O) groups is 1. The van der Waals surface area contributed by atoms with Gasteiger partial charge in [-0.2, -0.15) is 0 Å². The van der Waals surface area contributed by atoms with Gasteiger partial charge in [-0.05, 0) is 42.3 Å². The van der Waals surface area contributed by atoms with Gasteiger partial charge in [-0.3, -0.25) is 0 Å². The maximum atomic E-state index is 14.1. The van der Waals surface area contributed by atoms with Gasteiger partial charge >= 0.3 is 5.97 Å². The van der Waals surface area contributed by atoms with E-state index < -0.39 is 11.9 Å². The number of para-hydroxylation sites is 1. The molecule has 4 nitrogen and oxygen atoms in total. The predicted molar refractivity (Wildman–Crippen MR) is 102 cm³/mol. The number of ether oxygens (including phenoxy) is 2. The van der Waals surface area contributed by atoms with Crippen molar-refractivity contribution in [3.63, 3.8) is 0 Å². The predicted octanol–water partition coefficient (Wildman–Crippen LogP) is 4.63. The van der Waals surface area contributed by atoms with Crippen LogP contribution in [0.15, 0.2) is 48.5 Å². The first-order chi connectivity index (χ1) is 13.5. The number of nitrogens with zero attached hydrogens (tertiary/aromatic N) is 1. The first kappa shape index (κ1) is 18.5. The first-order valence-corrected chi connectivity index (χ1v) is 9.26. The third-order valence-corrected chi connectivity index (χ3v) is 5.20. The minimum atomic E-state index is -2.73. The van der Waals surface area contributed by atoms with Crippen molar-refractivity contribution in [3.05, 3.63) is 65.4 Å². The number of carbonyl (C=O) groups excluding carboxylic acids is 1. The van der Waals surface area contributed by atoms with Crippen molar-refractivity contribution in [2.24, 2.45) is 0 Å². The molecule has 0 spiro atoms. The molecule has 1 heterocycles. The molecule has 0 atom stereocenters. The van der Waals surface area contributed by atoms with E-state index in [1.165, 1.54) is 7.11 Å². The van der Waals surface area contributed by atoms with E-state index in [9.17, 15) is 13.6 Å². The summed E-state index contributed by atoms with van der Waals surface area (Å²) in [5.41, 5.74) is 2.73. The molecule has 0 radical (unpaired) electrons. The maximum Gasteiger partial charge on any atom is 0.337 e. The van der Waals surface area contributed by atoms with Crippen LogP contribution < -0.4 is 4.74 Å². The van der Waals surface area contributed by atoms with Gasteiger partial charge < -0.3 is 14.0 Å². The summed E-state index contributed by atoms with van der Waals surface area (Å²) in [4.78, 5) is 11.9. The van der Waals surface area contributed by atoms with Crippen LogP contribution in [0.4, 0.5) is 8.78 Å². The van der Waals surface area contributed by atoms with E-state index in [2.05, 4.69) is 0 Å². The van der Waals surface area contributed by atoms with Gasteiger partial charge in [0, 0.05) is 29.4 Å². The molecule has 1 aliphatic rings. The van der Waals surface area contributed by atoms with Crippen LogP contribution in [-0.2, 0) is 24.1 Å². The van der Waals surface area contributed by atoms with Crippen LogP contribution in [0.1, 0.15) is 28.0 Å². The molecule has 0 fully saturated rings. The minimum Gasteiger partial charge on any atom is -0.492 e. The zero-order valence-corrected chi connectivity index (χ0v) is 15.6. The third-order valence-electron chi connectivity index (χ3n) is 5.20. The molecule has 0 aliphatic heterocycles. The highest BCUT2D eigenvalue weighted by Crippen LogP contribution is 2.39. The Labute approximate surface area is 161 Å². The van der Waals surface area contributed by atoms with Gasteiger partial charge in [-0.1, -0.05) is 18.2 Å². The third kappa shape index (κ3) is 3.46. The Morgan fingerprint density at radius 3 is 2.71 bits per heavy atom. The molecule has 0 saturated carbocycles. The van der Waals surface area contributed by atoms with Gasteiger partial charge in [0.25, 0.3) is 5.92 Å². The summed E-state index contributed by atoms with van der Waals surface area (Å²) < 4.78 is 40.8. The van der Waals surface area contributed by atoms with Gasteiger partial charge in [-0.25, -0.2) is 13.6 Å². The monoisotopic (exact) mass is 385 g/mol. The fourth-order valence-corrected chi connectivity index (χ4v) is 3.88. The second-order valence-corrected chi connectivity index (χ2v) is 6.99. The molecule has 0 amide bonds. The number of alkyl halides is 2. The van der Waals surface area contributed by atoms with Crippen molar-refractivity contribution in [2.75, 3.05) is 13.7 Å². The van der Waals surface area contributed by atoms with E-state index in [0.29, 0.717) is 36.1 Å². The normalized spacial score (nSPS) is 15.2. The smallest absolute Gasteiger partial charge is 0.337 e. The summed E-state index contributed by atoms with van der Waals surface area (Å²) in [5.74, 6) is -2.43. The molecule has 4 rings (SSSR count). The molecular formula is C22H21F2NO3. The second kappa shape index (κ2) is 7.26. The molecule has 1 aromatic heterocycles. The Morgan fingerprint density at radius 2 is 1.96 bits per heavy atom. The van der Waals surface area contributed by atoms with Crippen LogP contribution in [0.5, 0.6) is 5.75 Å². The highest BCUT2D eigenvalue weighted by Gasteiger charge is 2.37. The van der Waals surface area contributed by atoms with Crippen LogP contribution in [0.3, 0.4) is 0 Å². The van der Waals surface area contributed by atoms with Crippen molar-refractivity contribution < 1.29 is 23.0 Å². The largest absolute Gasteiger partial charge is 0.492 e. The number of benzene rings is 2. The van der Waals surface area contributed by atoms with Gasteiger partial charge in [0.1, 0.15) is 12.4 Å².